The molecule has 18 heavy (non-hydrogen) atoms. The molecule has 0 saturated heterocycles. The molecule has 0 saturated carbocycles. The number of amides is 2. The summed E-state index contributed by atoms with van der Waals surface area (Å²) in [5, 5.41) is 2.66. The third-order valence-corrected chi connectivity index (χ3v) is 2.26. The van der Waals surface area contributed by atoms with E-state index in [4.69, 9.17) is 0 Å². The standard InChI is InChI=1S/C13H16N2O3/c1-10(16)8-13(18)15(2)9-12(17)14-11-6-4-3-5-7-11/h3-7H,8-9H2,1-2H3,(H,14,17). The van der Waals surface area contributed by atoms with Crippen molar-refractivity contribution in [2.24, 2.45) is 0 Å². The largest absolute Gasteiger partial charge is 0.336 e. The second-order valence-corrected chi connectivity index (χ2v) is 4.04. The Bertz CT molecular complexity index is 443. The first-order chi connectivity index (χ1) is 8.49. The van der Waals surface area contributed by atoms with Crippen LogP contribution in [0, 0.1) is 0 Å². The number of hydrogen-bond donors (Lipinski definition) is 1. The summed E-state index contributed by atoms with van der Waals surface area (Å²) in [6.07, 6.45) is -0.172. The minimum atomic E-state index is -0.356. The first-order valence-corrected chi connectivity index (χ1v) is 5.57. The number of anilines is 1. The summed E-state index contributed by atoms with van der Waals surface area (Å²) in [5.41, 5.74) is 0.676. The Balaban J connectivity index is 2.45. The Kier molecular flexibility index (Phi) is 5.05. The molecule has 1 rings (SSSR count). The molecule has 1 N–H and O–H groups in total. The molecule has 0 unspecified atom stereocenters. The Morgan fingerprint density at radius 2 is 1.78 bits per heavy atom. The molecule has 1 aromatic carbocycles. The average Bonchev–Trinajstić information content (AvgIpc) is 2.29. The zero-order valence-corrected chi connectivity index (χ0v) is 10.5. The predicted molar refractivity (Wildman–Crippen MR) is 68.0 cm³/mol. The Hall–Kier alpha value is -2.17. The van der Waals surface area contributed by atoms with Gasteiger partial charge in [-0.1, -0.05) is 18.2 Å². The van der Waals surface area contributed by atoms with Crippen molar-refractivity contribution in [2.75, 3.05) is 18.9 Å². The normalized spacial score (nSPS) is 9.67. The van der Waals surface area contributed by atoms with Crippen LogP contribution >= 0.6 is 0 Å². The molecule has 0 radical (unpaired) electrons. The van der Waals surface area contributed by atoms with E-state index in [0.717, 1.165) is 0 Å². The minimum absolute atomic E-state index is 0.0684. The fourth-order valence-corrected chi connectivity index (χ4v) is 1.37. The Labute approximate surface area is 106 Å². The second-order valence-electron chi connectivity index (χ2n) is 4.04. The maximum Gasteiger partial charge on any atom is 0.243 e. The molecule has 0 fully saturated rings. The zero-order chi connectivity index (χ0) is 13.5. The number of benzene rings is 1. The molecule has 5 nitrogen and oxygen atoms in total. The number of nitrogens with zero attached hydrogens (tertiary/aromatic N) is 1. The predicted octanol–water partition coefficient (Wildman–Crippen LogP) is 1.06. The number of hydrogen-bond acceptors (Lipinski definition) is 3. The van der Waals surface area contributed by atoms with Crippen LogP contribution in [0.15, 0.2) is 30.3 Å². The van der Waals surface area contributed by atoms with Gasteiger partial charge in [0, 0.05) is 12.7 Å². The fraction of sp³-hybridized carbons (Fsp3) is 0.308. The molecule has 0 aliphatic carbocycles. The number of ketones is 1. The molecule has 5 heteroatoms. The minimum Gasteiger partial charge on any atom is -0.336 e. The molecular formula is C13H16N2O3. The van der Waals surface area contributed by atoms with E-state index in [0.29, 0.717) is 5.69 Å². The van der Waals surface area contributed by atoms with Crippen LogP contribution in [-0.4, -0.2) is 36.1 Å². The van der Waals surface area contributed by atoms with Gasteiger partial charge in [0.25, 0.3) is 0 Å². The van der Waals surface area contributed by atoms with Crippen molar-refractivity contribution in [3.63, 3.8) is 0 Å². The summed E-state index contributed by atoms with van der Waals surface area (Å²) in [6.45, 7) is 1.27. The lowest BCUT2D eigenvalue weighted by atomic mass is 10.3. The van der Waals surface area contributed by atoms with Crippen molar-refractivity contribution in [3.8, 4) is 0 Å². The molecule has 0 heterocycles. The van der Waals surface area contributed by atoms with Crippen molar-refractivity contribution in [1.29, 1.82) is 0 Å². The van der Waals surface area contributed by atoms with Crippen molar-refractivity contribution in [1.82, 2.24) is 4.90 Å². The smallest absolute Gasteiger partial charge is 0.243 e. The fourth-order valence-electron chi connectivity index (χ4n) is 1.37. The third-order valence-electron chi connectivity index (χ3n) is 2.26. The lowest BCUT2D eigenvalue weighted by Crippen LogP contribution is -2.35. The number of Topliss-reactive ketones (excluding diaryl/α,β-unsaturated/α-hetero) is 1. The van der Waals surface area contributed by atoms with Crippen LogP contribution in [0.4, 0.5) is 5.69 Å². The van der Waals surface area contributed by atoms with E-state index >= 15 is 0 Å². The number of carbonyl (C=O) groups is 3. The average molecular weight is 248 g/mol. The number of nitrogens with one attached hydrogen (secondary N) is 1. The van der Waals surface area contributed by atoms with Crippen LogP contribution in [0.3, 0.4) is 0 Å². The van der Waals surface area contributed by atoms with Crippen LogP contribution in [0.25, 0.3) is 0 Å². The van der Waals surface area contributed by atoms with E-state index < -0.39 is 0 Å². The van der Waals surface area contributed by atoms with Gasteiger partial charge in [0.1, 0.15) is 5.78 Å². The topological polar surface area (TPSA) is 66.5 Å². The maximum absolute atomic E-state index is 11.6. The first kappa shape index (κ1) is 13.9. The number of para-hydroxylation sites is 1. The summed E-state index contributed by atoms with van der Waals surface area (Å²) in [4.78, 5) is 35.1. The van der Waals surface area contributed by atoms with E-state index in [2.05, 4.69) is 5.32 Å². The first-order valence-electron chi connectivity index (χ1n) is 5.57. The molecule has 0 atom stereocenters. The maximum atomic E-state index is 11.6. The summed E-state index contributed by atoms with van der Waals surface area (Å²) in [6, 6.07) is 8.98. The van der Waals surface area contributed by atoms with Crippen LogP contribution in [0.5, 0.6) is 0 Å². The molecule has 1 aromatic rings. The van der Waals surface area contributed by atoms with Gasteiger partial charge in [0.2, 0.25) is 11.8 Å². The lowest BCUT2D eigenvalue weighted by Gasteiger charge is -2.16. The zero-order valence-electron chi connectivity index (χ0n) is 10.5. The van der Waals surface area contributed by atoms with Crippen LogP contribution < -0.4 is 5.32 Å². The van der Waals surface area contributed by atoms with Gasteiger partial charge in [-0.15, -0.1) is 0 Å². The SMILES string of the molecule is CC(=O)CC(=O)N(C)CC(=O)Nc1ccccc1. The molecule has 96 valence electrons. The van der Waals surface area contributed by atoms with Crippen molar-refractivity contribution >= 4 is 23.3 Å². The molecule has 0 spiro atoms. The van der Waals surface area contributed by atoms with E-state index in [-0.39, 0.29) is 30.6 Å². The Morgan fingerprint density at radius 1 is 1.17 bits per heavy atom. The second kappa shape index (κ2) is 6.54. The highest BCUT2D eigenvalue weighted by Gasteiger charge is 2.14. The molecule has 0 bridgehead atoms. The van der Waals surface area contributed by atoms with Gasteiger partial charge in [0.05, 0.1) is 13.0 Å². The Morgan fingerprint density at radius 3 is 2.33 bits per heavy atom. The van der Waals surface area contributed by atoms with Crippen LogP contribution in [-0.2, 0) is 14.4 Å². The monoisotopic (exact) mass is 248 g/mol. The van der Waals surface area contributed by atoms with E-state index in [9.17, 15) is 14.4 Å². The highest BCUT2D eigenvalue weighted by Crippen LogP contribution is 2.04. The van der Waals surface area contributed by atoms with Gasteiger partial charge in [-0.05, 0) is 19.1 Å². The van der Waals surface area contributed by atoms with Crippen molar-refractivity contribution < 1.29 is 14.4 Å². The quantitative estimate of drug-likeness (QED) is 0.792. The third kappa shape index (κ3) is 4.78. The number of carbonyl (C=O) groups excluding carboxylic acids is 3. The van der Waals surface area contributed by atoms with Crippen LogP contribution in [0.1, 0.15) is 13.3 Å². The molecule has 0 aliphatic heterocycles. The summed E-state index contributed by atoms with van der Waals surface area (Å²) in [7, 11) is 1.50. The van der Waals surface area contributed by atoms with Gasteiger partial charge in [-0.3, -0.25) is 14.4 Å². The number of likely N-dealkylation sites (N-methyl/N-ethyl adjacent to an activating group) is 1. The highest BCUT2D eigenvalue weighted by atomic mass is 16.2. The molecule has 2 amide bonds. The highest BCUT2D eigenvalue weighted by molar-refractivity contribution is 5.99. The molecular weight excluding hydrogens is 232 g/mol. The number of rotatable bonds is 5. The van der Waals surface area contributed by atoms with Gasteiger partial charge < -0.3 is 10.2 Å². The lowest BCUT2D eigenvalue weighted by molar-refractivity contribution is -0.136. The summed E-state index contributed by atoms with van der Waals surface area (Å²) >= 11 is 0. The molecule has 0 aromatic heterocycles. The van der Waals surface area contributed by atoms with Gasteiger partial charge in [-0.25, -0.2) is 0 Å². The van der Waals surface area contributed by atoms with E-state index in [1.807, 2.05) is 6.07 Å². The van der Waals surface area contributed by atoms with Crippen molar-refractivity contribution in [2.45, 2.75) is 13.3 Å². The van der Waals surface area contributed by atoms with Gasteiger partial charge >= 0.3 is 0 Å². The van der Waals surface area contributed by atoms with Gasteiger partial charge in [0.15, 0.2) is 0 Å². The van der Waals surface area contributed by atoms with Crippen molar-refractivity contribution in [3.05, 3.63) is 30.3 Å². The van der Waals surface area contributed by atoms with Gasteiger partial charge in [-0.2, -0.15) is 0 Å². The van der Waals surface area contributed by atoms with E-state index in [1.165, 1.54) is 18.9 Å². The summed E-state index contributed by atoms with van der Waals surface area (Å²) in [5.74, 6) is -0.860. The molecule has 0 aliphatic rings. The summed E-state index contributed by atoms with van der Waals surface area (Å²) < 4.78 is 0. The van der Waals surface area contributed by atoms with Crippen LogP contribution in [0.2, 0.25) is 0 Å². The van der Waals surface area contributed by atoms with E-state index in [1.54, 1.807) is 24.3 Å².